The molecule has 1 aliphatic heterocycles. The Kier molecular flexibility index (Phi) is 3.42. The van der Waals surface area contributed by atoms with Gasteiger partial charge in [0.25, 0.3) is 11.8 Å². The first-order valence-electron chi connectivity index (χ1n) is 6.74. The topological polar surface area (TPSA) is 79.4 Å². The van der Waals surface area contributed by atoms with E-state index in [4.69, 9.17) is 0 Å². The third-order valence-electron chi connectivity index (χ3n) is 3.33. The molecule has 1 aromatic heterocycles. The number of aromatic nitrogens is 1. The second-order valence-corrected chi connectivity index (χ2v) is 5.01. The summed E-state index contributed by atoms with van der Waals surface area (Å²) in [4.78, 5) is 41.1. The van der Waals surface area contributed by atoms with Gasteiger partial charge in [-0.15, -0.1) is 0 Å². The summed E-state index contributed by atoms with van der Waals surface area (Å²) in [6.07, 6.45) is 1.44. The number of pyridine rings is 1. The van der Waals surface area contributed by atoms with Crippen LogP contribution in [0.15, 0.2) is 42.6 Å². The van der Waals surface area contributed by atoms with Gasteiger partial charge >= 0.3 is 0 Å². The molecule has 0 spiro atoms. The molecule has 22 heavy (non-hydrogen) atoms. The van der Waals surface area contributed by atoms with Gasteiger partial charge in [0.15, 0.2) is 0 Å². The van der Waals surface area contributed by atoms with Crippen LogP contribution >= 0.6 is 0 Å². The number of carbonyl (C=O) groups excluding carboxylic acids is 3. The van der Waals surface area contributed by atoms with Gasteiger partial charge in [-0.2, -0.15) is 0 Å². The van der Waals surface area contributed by atoms with Crippen LogP contribution in [0, 0.1) is 6.92 Å². The molecule has 1 aromatic carbocycles. The van der Waals surface area contributed by atoms with E-state index in [1.165, 1.54) is 12.3 Å². The molecule has 2 heterocycles. The third-order valence-corrected chi connectivity index (χ3v) is 3.33. The maximum absolute atomic E-state index is 12.1. The summed E-state index contributed by atoms with van der Waals surface area (Å²) < 4.78 is 0. The van der Waals surface area contributed by atoms with Crippen molar-refractivity contribution in [3.05, 3.63) is 59.4 Å². The number of carbonyl (C=O) groups is 3. The number of nitrogens with one attached hydrogen (secondary N) is 1. The van der Waals surface area contributed by atoms with Gasteiger partial charge in [-0.25, -0.2) is 0 Å². The summed E-state index contributed by atoms with van der Waals surface area (Å²) in [5.74, 6) is -1.47. The van der Waals surface area contributed by atoms with Crippen LogP contribution in [0.4, 0.5) is 5.69 Å². The van der Waals surface area contributed by atoms with Gasteiger partial charge in [-0.3, -0.25) is 24.3 Å². The molecule has 0 saturated carbocycles. The van der Waals surface area contributed by atoms with Crippen molar-refractivity contribution in [1.29, 1.82) is 0 Å². The molecular weight excluding hydrogens is 282 g/mol. The normalized spacial score (nSPS) is 13.2. The van der Waals surface area contributed by atoms with Gasteiger partial charge in [0.05, 0.1) is 5.56 Å². The highest BCUT2D eigenvalue weighted by Gasteiger charge is 2.37. The fourth-order valence-electron chi connectivity index (χ4n) is 2.32. The van der Waals surface area contributed by atoms with Crippen LogP contribution < -0.4 is 5.32 Å². The summed E-state index contributed by atoms with van der Waals surface area (Å²) in [6.45, 7) is 1.58. The minimum absolute atomic E-state index is 0.0934. The predicted octanol–water partition coefficient (Wildman–Crippen LogP) is 1.62. The van der Waals surface area contributed by atoms with E-state index < -0.39 is 17.7 Å². The van der Waals surface area contributed by atoms with E-state index >= 15 is 0 Å². The lowest BCUT2D eigenvalue weighted by Gasteiger charge is -2.13. The van der Waals surface area contributed by atoms with Gasteiger partial charge in [0.1, 0.15) is 12.2 Å². The fraction of sp³-hybridized carbons (Fsp3) is 0.125. The average Bonchev–Trinajstić information content (AvgIpc) is 2.73. The highest BCUT2D eigenvalue weighted by molar-refractivity contribution is 6.21. The second kappa shape index (κ2) is 5.40. The molecule has 1 N–H and O–H groups in total. The number of hydrogen-bond donors (Lipinski definition) is 1. The Balaban J connectivity index is 1.73. The molecule has 3 rings (SSSR count). The quantitative estimate of drug-likeness (QED) is 0.873. The Morgan fingerprint density at radius 2 is 2.00 bits per heavy atom. The maximum Gasteiger partial charge on any atom is 0.280 e. The van der Waals surface area contributed by atoms with E-state index in [1.54, 1.807) is 12.1 Å². The molecule has 6 heteroatoms. The second-order valence-electron chi connectivity index (χ2n) is 5.01. The maximum atomic E-state index is 12.1. The molecule has 0 fully saturated rings. The van der Waals surface area contributed by atoms with Gasteiger partial charge in [-0.05, 0) is 36.8 Å². The highest BCUT2D eigenvalue weighted by Crippen LogP contribution is 2.20. The first-order chi connectivity index (χ1) is 10.6. The molecule has 0 aliphatic carbocycles. The minimum Gasteiger partial charge on any atom is -0.325 e. The number of anilines is 1. The standard InChI is InChI=1S/C16H13N3O3/c1-10-4-2-5-11(8-10)18-13(20)9-19-15(21)12-6-3-7-17-14(12)16(19)22/h2-8H,9H2,1H3,(H,18,20). The van der Waals surface area contributed by atoms with Crippen LogP contribution in [0.1, 0.15) is 26.4 Å². The zero-order chi connectivity index (χ0) is 15.7. The monoisotopic (exact) mass is 295 g/mol. The van der Waals surface area contributed by atoms with E-state index in [0.29, 0.717) is 5.69 Å². The summed E-state index contributed by atoms with van der Waals surface area (Å²) in [6, 6.07) is 10.4. The molecule has 110 valence electrons. The lowest BCUT2D eigenvalue weighted by atomic mass is 10.2. The Morgan fingerprint density at radius 3 is 2.73 bits per heavy atom. The van der Waals surface area contributed by atoms with Crippen molar-refractivity contribution in [2.75, 3.05) is 11.9 Å². The predicted molar refractivity (Wildman–Crippen MR) is 79.4 cm³/mol. The smallest absolute Gasteiger partial charge is 0.280 e. The first-order valence-corrected chi connectivity index (χ1v) is 6.74. The van der Waals surface area contributed by atoms with E-state index in [0.717, 1.165) is 10.5 Å². The van der Waals surface area contributed by atoms with E-state index in [-0.39, 0.29) is 17.8 Å². The van der Waals surface area contributed by atoms with Crippen LogP contribution in [0.3, 0.4) is 0 Å². The Bertz CT molecular complexity index is 751. The summed E-state index contributed by atoms with van der Waals surface area (Å²) >= 11 is 0. The number of aryl methyl sites for hydroxylation is 1. The van der Waals surface area contributed by atoms with Crippen LogP contribution in [-0.4, -0.2) is 34.2 Å². The molecule has 6 nitrogen and oxygen atoms in total. The number of fused-ring (bicyclic) bond motifs is 1. The first kappa shape index (κ1) is 13.9. The summed E-state index contributed by atoms with van der Waals surface area (Å²) in [5.41, 5.74) is 1.95. The lowest BCUT2D eigenvalue weighted by molar-refractivity contribution is -0.116. The number of benzene rings is 1. The number of imide groups is 1. The number of nitrogens with zero attached hydrogens (tertiary/aromatic N) is 2. The minimum atomic E-state index is -0.542. The fourth-order valence-corrected chi connectivity index (χ4v) is 2.32. The van der Waals surface area contributed by atoms with Crippen LogP contribution in [0.5, 0.6) is 0 Å². The highest BCUT2D eigenvalue weighted by atomic mass is 16.2. The molecule has 0 bridgehead atoms. The van der Waals surface area contributed by atoms with Crippen molar-refractivity contribution < 1.29 is 14.4 Å². The van der Waals surface area contributed by atoms with Gasteiger partial charge in [0, 0.05) is 11.9 Å². The van der Waals surface area contributed by atoms with Crippen LogP contribution in [0.2, 0.25) is 0 Å². The molecule has 1 aliphatic rings. The van der Waals surface area contributed by atoms with Crippen LogP contribution in [-0.2, 0) is 4.79 Å². The van der Waals surface area contributed by atoms with E-state index in [1.807, 2.05) is 25.1 Å². The van der Waals surface area contributed by atoms with Gasteiger partial charge in [0.2, 0.25) is 5.91 Å². The Labute approximate surface area is 126 Å². The van der Waals surface area contributed by atoms with Crippen molar-refractivity contribution in [2.45, 2.75) is 6.92 Å². The van der Waals surface area contributed by atoms with Crippen molar-refractivity contribution in [1.82, 2.24) is 9.88 Å². The van der Waals surface area contributed by atoms with Crippen molar-refractivity contribution >= 4 is 23.4 Å². The SMILES string of the molecule is Cc1cccc(NC(=O)CN2C(=O)c3cccnc3C2=O)c1. The number of rotatable bonds is 3. The molecule has 0 atom stereocenters. The van der Waals surface area contributed by atoms with E-state index in [2.05, 4.69) is 10.3 Å². The molecular formula is C16H13N3O3. The average molecular weight is 295 g/mol. The molecule has 0 unspecified atom stereocenters. The zero-order valence-electron chi connectivity index (χ0n) is 11.9. The van der Waals surface area contributed by atoms with E-state index in [9.17, 15) is 14.4 Å². The number of amides is 3. The van der Waals surface area contributed by atoms with Crippen LogP contribution in [0.25, 0.3) is 0 Å². The molecule has 0 radical (unpaired) electrons. The summed E-state index contributed by atoms with van der Waals surface area (Å²) in [7, 11) is 0. The largest absolute Gasteiger partial charge is 0.325 e. The number of hydrogen-bond acceptors (Lipinski definition) is 4. The Morgan fingerprint density at radius 1 is 1.18 bits per heavy atom. The van der Waals surface area contributed by atoms with Crippen molar-refractivity contribution in [3.8, 4) is 0 Å². The van der Waals surface area contributed by atoms with Gasteiger partial charge in [-0.1, -0.05) is 12.1 Å². The molecule has 0 saturated heterocycles. The zero-order valence-corrected chi connectivity index (χ0v) is 11.9. The lowest BCUT2D eigenvalue weighted by Crippen LogP contribution is -2.37. The van der Waals surface area contributed by atoms with Crippen molar-refractivity contribution in [2.24, 2.45) is 0 Å². The Hall–Kier alpha value is -3.02. The molecule has 2 aromatic rings. The van der Waals surface area contributed by atoms with Gasteiger partial charge < -0.3 is 5.32 Å². The molecule has 3 amide bonds. The van der Waals surface area contributed by atoms with Crippen molar-refractivity contribution in [3.63, 3.8) is 0 Å². The summed E-state index contributed by atoms with van der Waals surface area (Å²) in [5, 5.41) is 2.67. The third kappa shape index (κ3) is 2.46.